The molecule has 6 heteroatoms. The average Bonchev–Trinajstić information content (AvgIpc) is 2.43. The minimum Gasteiger partial charge on any atom is -0.479 e. The smallest absolute Gasteiger partial charge is 0.337 e. The summed E-state index contributed by atoms with van der Waals surface area (Å²) in [5.74, 6) is -1.57. The first-order valence-electron chi connectivity index (χ1n) is 5.64. The number of aryl methyl sites for hydroxylation is 1. The third-order valence-electron chi connectivity index (χ3n) is 2.67. The molecule has 0 aliphatic rings. The van der Waals surface area contributed by atoms with Crippen LogP contribution in [0, 0.1) is 0 Å². The molecule has 104 valence electrons. The summed E-state index contributed by atoms with van der Waals surface area (Å²) in [7, 11) is 1.34. The predicted molar refractivity (Wildman–Crippen MR) is 71.2 cm³/mol. The van der Waals surface area contributed by atoms with E-state index < -0.39 is 12.1 Å². The molecule has 0 fully saturated rings. The molecule has 1 atom stereocenters. The number of carboxylic acids is 1. The second kappa shape index (κ2) is 7.16. The van der Waals surface area contributed by atoms with Crippen molar-refractivity contribution in [1.29, 1.82) is 0 Å². The molecule has 0 spiro atoms. The van der Waals surface area contributed by atoms with E-state index in [-0.39, 0.29) is 12.4 Å². The van der Waals surface area contributed by atoms with Crippen LogP contribution < -0.4 is 0 Å². The molecule has 1 aromatic rings. The highest BCUT2D eigenvalue weighted by molar-refractivity contribution is 7.98. The number of methoxy groups -OCH3 is 1. The van der Waals surface area contributed by atoms with Crippen molar-refractivity contribution in [2.45, 2.75) is 23.8 Å². The Labute approximate surface area is 115 Å². The maximum Gasteiger partial charge on any atom is 0.337 e. The monoisotopic (exact) mass is 284 g/mol. The summed E-state index contributed by atoms with van der Waals surface area (Å²) in [4.78, 5) is 22.5. The molecule has 0 heterocycles. The van der Waals surface area contributed by atoms with Gasteiger partial charge in [-0.15, -0.1) is 11.8 Å². The number of carbonyl (C=O) groups excluding carboxylic acids is 1. The van der Waals surface area contributed by atoms with Crippen LogP contribution in [0.5, 0.6) is 0 Å². The highest BCUT2D eigenvalue weighted by Gasteiger charge is 2.19. The van der Waals surface area contributed by atoms with Gasteiger partial charge < -0.3 is 14.9 Å². The van der Waals surface area contributed by atoms with Crippen LogP contribution in [0.2, 0.25) is 0 Å². The highest BCUT2D eigenvalue weighted by atomic mass is 32.2. The number of hydrogen-bond acceptors (Lipinski definition) is 5. The van der Waals surface area contributed by atoms with Crippen molar-refractivity contribution < 1.29 is 24.5 Å². The van der Waals surface area contributed by atoms with Crippen molar-refractivity contribution in [3.63, 3.8) is 0 Å². The van der Waals surface area contributed by atoms with E-state index in [1.54, 1.807) is 24.5 Å². The van der Waals surface area contributed by atoms with Gasteiger partial charge in [-0.25, -0.2) is 4.79 Å². The molecule has 0 aliphatic heterocycles. The average molecular weight is 284 g/mol. The zero-order valence-electron chi connectivity index (χ0n) is 10.8. The molecule has 2 N–H and O–H groups in total. The standard InChI is InChI=1S/C13H16O5S/c1-18-11(14)6-4-8-3-5-9(10(7-8)19-2)12(15)13(16)17/h3,5,7,12,15H,4,6H2,1-2H3,(H,16,17). The summed E-state index contributed by atoms with van der Waals surface area (Å²) in [6.07, 6.45) is 1.06. The lowest BCUT2D eigenvalue weighted by Gasteiger charge is -2.12. The Bertz CT molecular complexity index is 472. The van der Waals surface area contributed by atoms with E-state index in [1.165, 1.54) is 18.9 Å². The Morgan fingerprint density at radius 3 is 2.63 bits per heavy atom. The number of aliphatic carboxylic acids is 1. The number of carboxylic acid groups (broad SMARTS) is 1. The SMILES string of the molecule is COC(=O)CCc1ccc(C(O)C(=O)O)c(SC)c1. The number of aliphatic hydroxyl groups excluding tert-OH is 1. The van der Waals surface area contributed by atoms with Gasteiger partial charge in [0.1, 0.15) is 0 Å². The molecule has 5 nitrogen and oxygen atoms in total. The number of benzene rings is 1. The van der Waals surface area contributed by atoms with Crippen molar-refractivity contribution in [1.82, 2.24) is 0 Å². The van der Waals surface area contributed by atoms with Gasteiger partial charge in [0.25, 0.3) is 0 Å². The molecule has 0 radical (unpaired) electrons. The van der Waals surface area contributed by atoms with Crippen LogP contribution in [0.1, 0.15) is 23.7 Å². The molecular formula is C13H16O5S. The van der Waals surface area contributed by atoms with Gasteiger partial charge in [0, 0.05) is 16.9 Å². The van der Waals surface area contributed by atoms with Crippen molar-refractivity contribution in [3.8, 4) is 0 Å². The fourth-order valence-corrected chi connectivity index (χ4v) is 2.30. The van der Waals surface area contributed by atoms with Crippen LogP contribution >= 0.6 is 11.8 Å². The lowest BCUT2D eigenvalue weighted by Crippen LogP contribution is -2.11. The second-order valence-electron chi connectivity index (χ2n) is 3.89. The van der Waals surface area contributed by atoms with E-state index in [0.717, 1.165) is 5.56 Å². The number of ether oxygens (including phenoxy) is 1. The summed E-state index contributed by atoms with van der Waals surface area (Å²) in [5.41, 5.74) is 1.26. The Morgan fingerprint density at radius 1 is 1.42 bits per heavy atom. The zero-order chi connectivity index (χ0) is 14.4. The van der Waals surface area contributed by atoms with Crippen LogP contribution in [0.3, 0.4) is 0 Å². The van der Waals surface area contributed by atoms with E-state index in [9.17, 15) is 14.7 Å². The minimum absolute atomic E-state index is 0.269. The molecule has 0 aromatic heterocycles. The van der Waals surface area contributed by atoms with E-state index in [4.69, 9.17) is 5.11 Å². The maximum absolute atomic E-state index is 11.1. The van der Waals surface area contributed by atoms with Crippen LogP contribution in [-0.4, -0.2) is 35.5 Å². The first-order valence-corrected chi connectivity index (χ1v) is 6.86. The molecular weight excluding hydrogens is 268 g/mol. The van der Waals surface area contributed by atoms with Gasteiger partial charge >= 0.3 is 11.9 Å². The lowest BCUT2D eigenvalue weighted by atomic mass is 10.0. The first kappa shape index (κ1) is 15.5. The van der Waals surface area contributed by atoms with Crippen molar-refractivity contribution in [3.05, 3.63) is 29.3 Å². The number of esters is 1. The summed E-state index contributed by atoms with van der Waals surface area (Å²) >= 11 is 1.36. The zero-order valence-corrected chi connectivity index (χ0v) is 11.6. The molecule has 1 aromatic carbocycles. The van der Waals surface area contributed by atoms with Crippen LogP contribution in [0.25, 0.3) is 0 Å². The van der Waals surface area contributed by atoms with E-state index in [0.29, 0.717) is 16.9 Å². The van der Waals surface area contributed by atoms with E-state index in [2.05, 4.69) is 4.74 Å². The molecule has 0 bridgehead atoms. The number of rotatable bonds is 6. The third-order valence-corrected chi connectivity index (χ3v) is 3.47. The normalized spacial score (nSPS) is 11.9. The number of hydrogen-bond donors (Lipinski definition) is 2. The Balaban J connectivity index is 2.89. The third kappa shape index (κ3) is 4.25. The fraction of sp³-hybridized carbons (Fsp3) is 0.385. The van der Waals surface area contributed by atoms with Gasteiger partial charge in [-0.1, -0.05) is 12.1 Å². The summed E-state index contributed by atoms with van der Waals surface area (Å²) < 4.78 is 4.56. The van der Waals surface area contributed by atoms with Crippen LogP contribution in [-0.2, 0) is 20.7 Å². The first-order chi connectivity index (χ1) is 8.99. The van der Waals surface area contributed by atoms with Gasteiger partial charge in [-0.2, -0.15) is 0 Å². The number of aliphatic hydroxyl groups is 1. The van der Waals surface area contributed by atoms with Crippen molar-refractivity contribution in [2.75, 3.05) is 13.4 Å². The maximum atomic E-state index is 11.1. The largest absolute Gasteiger partial charge is 0.479 e. The van der Waals surface area contributed by atoms with Gasteiger partial charge in [0.15, 0.2) is 6.10 Å². The van der Waals surface area contributed by atoms with Gasteiger partial charge in [0.05, 0.1) is 7.11 Å². The Kier molecular flexibility index (Phi) is 5.85. The number of thioether (sulfide) groups is 1. The summed E-state index contributed by atoms with van der Waals surface area (Å²) in [6, 6.07) is 5.08. The highest BCUT2D eigenvalue weighted by Crippen LogP contribution is 2.27. The molecule has 1 unspecified atom stereocenters. The topological polar surface area (TPSA) is 83.8 Å². The molecule has 19 heavy (non-hydrogen) atoms. The van der Waals surface area contributed by atoms with Gasteiger partial charge in [0.2, 0.25) is 0 Å². The van der Waals surface area contributed by atoms with Crippen molar-refractivity contribution in [2.24, 2.45) is 0 Å². The molecule has 0 aliphatic carbocycles. The molecule has 0 saturated heterocycles. The van der Waals surface area contributed by atoms with E-state index in [1.807, 2.05) is 0 Å². The van der Waals surface area contributed by atoms with E-state index >= 15 is 0 Å². The molecule has 0 saturated carbocycles. The quantitative estimate of drug-likeness (QED) is 0.610. The fourth-order valence-electron chi connectivity index (χ4n) is 1.62. The second-order valence-corrected chi connectivity index (χ2v) is 4.74. The summed E-state index contributed by atoms with van der Waals surface area (Å²) in [6.45, 7) is 0. The van der Waals surface area contributed by atoms with Gasteiger partial charge in [-0.3, -0.25) is 4.79 Å². The lowest BCUT2D eigenvalue weighted by molar-refractivity contribution is -0.147. The minimum atomic E-state index is -1.53. The summed E-state index contributed by atoms with van der Waals surface area (Å²) in [5, 5.41) is 18.4. The Hall–Kier alpha value is -1.53. The Morgan fingerprint density at radius 2 is 2.11 bits per heavy atom. The predicted octanol–water partition coefficient (Wildman–Crippen LogP) is 1.63. The van der Waals surface area contributed by atoms with Gasteiger partial charge in [-0.05, 0) is 24.3 Å². The van der Waals surface area contributed by atoms with Crippen molar-refractivity contribution >= 4 is 23.7 Å². The number of carbonyl (C=O) groups is 2. The molecule has 1 rings (SSSR count). The molecule has 0 amide bonds. The van der Waals surface area contributed by atoms with Crippen LogP contribution in [0.15, 0.2) is 23.1 Å². The van der Waals surface area contributed by atoms with Crippen LogP contribution in [0.4, 0.5) is 0 Å².